The average molecular weight is 288 g/mol. The molecule has 2 nitrogen and oxygen atoms in total. The molecule has 0 spiro atoms. The zero-order valence-corrected chi connectivity index (χ0v) is 12.0. The largest absolute Gasteiger partial charge is 0.352 e. The van der Waals surface area contributed by atoms with Crippen molar-refractivity contribution < 1.29 is 4.79 Å². The lowest BCUT2D eigenvalue weighted by Crippen LogP contribution is -2.45. The van der Waals surface area contributed by atoms with E-state index in [-0.39, 0.29) is 17.3 Å². The minimum absolute atomic E-state index is 0.0423. The zero-order valence-electron chi connectivity index (χ0n) is 10.5. The molecule has 0 saturated heterocycles. The number of rotatable bonds is 2. The molecule has 0 aliphatic heterocycles. The Bertz CT molecular complexity index is 378. The molecule has 100 valence electrons. The first-order chi connectivity index (χ1) is 8.59. The molecule has 4 heteroatoms. The Morgan fingerprint density at radius 2 is 2.11 bits per heavy atom. The summed E-state index contributed by atoms with van der Waals surface area (Å²) in [6, 6.07) is 0.269. The van der Waals surface area contributed by atoms with E-state index in [9.17, 15) is 4.79 Å². The number of carbonyl (C=O) groups excluding carboxylic acids is 1. The number of allylic oxidation sites excluding steroid dienone is 3. The molecule has 0 bridgehead atoms. The summed E-state index contributed by atoms with van der Waals surface area (Å²) in [5.41, 5.74) is 0. The highest BCUT2D eigenvalue weighted by atomic mass is 35.5. The molecule has 1 N–H and O–H groups in total. The molecule has 1 saturated carbocycles. The lowest BCUT2D eigenvalue weighted by atomic mass is 9.85. The summed E-state index contributed by atoms with van der Waals surface area (Å²) in [5, 5.41) is 3.30. The van der Waals surface area contributed by atoms with Gasteiger partial charge in [-0.25, -0.2) is 0 Å². The van der Waals surface area contributed by atoms with Gasteiger partial charge in [-0.15, -0.1) is 11.6 Å². The maximum absolute atomic E-state index is 12.3. The van der Waals surface area contributed by atoms with Crippen LogP contribution in [0.25, 0.3) is 0 Å². The molecule has 0 heterocycles. The highest BCUT2D eigenvalue weighted by molar-refractivity contribution is 6.34. The van der Waals surface area contributed by atoms with Gasteiger partial charge >= 0.3 is 0 Å². The topological polar surface area (TPSA) is 29.1 Å². The van der Waals surface area contributed by atoms with Crippen LogP contribution in [-0.2, 0) is 4.79 Å². The van der Waals surface area contributed by atoms with Gasteiger partial charge in [-0.1, -0.05) is 43.5 Å². The zero-order chi connectivity index (χ0) is 13.1. The maximum Gasteiger partial charge on any atom is 0.230 e. The summed E-state index contributed by atoms with van der Waals surface area (Å²) in [7, 11) is 0. The van der Waals surface area contributed by atoms with E-state index in [0.29, 0.717) is 11.0 Å². The summed E-state index contributed by atoms with van der Waals surface area (Å²) < 4.78 is 0. The van der Waals surface area contributed by atoms with E-state index in [2.05, 4.69) is 12.2 Å². The Labute approximate surface area is 118 Å². The van der Waals surface area contributed by atoms with Crippen LogP contribution in [0.2, 0.25) is 0 Å². The van der Waals surface area contributed by atoms with Crippen molar-refractivity contribution in [2.24, 2.45) is 11.8 Å². The Balaban J connectivity index is 1.99. The molecular weight excluding hydrogens is 269 g/mol. The molecule has 2 aliphatic carbocycles. The Morgan fingerprint density at radius 3 is 2.78 bits per heavy atom. The van der Waals surface area contributed by atoms with Crippen LogP contribution in [0.15, 0.2) is 23.3 Å². The molecule has 4 unspecified atom stereocenters. The molecule has 0 aromatic carbocycles. The van der Waals surface area contributed by atoms with Crippen LogP contribution in [-0.4, -0.2) is 17.3 Å². The van der Waals surface area contributed by atoms with E-state index in [1.807, 2.05) is 6.08 Å². The smallest absolute Gasteiger partial charge is 0.230 e. The summed E-state index contributed by atoms with van der Waals surface area (Å²) in [6.45, 7) is 2.19. The fraction of sp³-hybridized carbons (Fsp3) is 0.643. The Kier molecular flexibility index (Phi) is 4.74. The van der Waals surface area contributed by atoms with E-state index in [1.165, 1.54) is 19.3 Å². The van der Waals surface area contributed by atoms with E-state index in [1.54, 1.807) is 12.2 Å². The SMILES string of the molecule is CC1CCCCC1NC(=O)C1C(Cl)=CC=CC1Cl. The van der Waals surface area contributed by atoms with Gasteiger partial charge < -0.3 is 5.32 Å². The van der Waals surface area contributed by atoms with Crippen molar-refractivity contribution in [1.82, 2.24) is 5.32 Å². The van der Waals surface area contributed by atoms with Gasteiger partial charge in [0.25, 0.3) is 0 Å². The van der Waals surface area contributed by atoms with Gasteiger partial charge in [-0.3, -0.25) is 4.79 Å². The van der Waals surface area contributed by atoms with Crippen LogP contribution in [0, 0.1) is 11.8 Å². The average Bonchev–Trinajstić information content (AvgIpc) is 2.32. The molecule has 1 fully saturated rings. The van der Waals surface area contributed by atoms with Crippen molar-refractivity contribution in [1.29, 1.82) is 0 Å². The first-order valence-corrected chi connectivity index (χ1v) is 7.39. The predicted molar refractivity (Wildman–Crippen MR) is 75.8 cm³/mol. The molecule has 0 aromatic heterocycles. The quantitative estimate of drug-likeness (QED) is 0.773. The molecule has 2 rings (SSSR count). The van der Waals surface area contributed by atoms with Gasteiger partial charge in [0.2, 0.25) is 5.91 Å². The van der Waals surface area contributed by atoms with Crippen LogP contribution in [0.4, 0.5) is 0 Å². The second-order valence-corrected chi connectivity index (χ2v) is 6.18. The standard InChI is InChI=1S/C14H19Cl2NO/c1-9-5-2-3-8-12(9)17-14(18)13-10(15)6-4-7-11(13)16/h4,6-7,9-10,12-13H,2-3,5,8H2,1H3,(H,17,18). The van der Waals surface area contributed by atoms with Crippen molar-refractivity contribution in [3.8, 4) is 0 Å². The summed E-state index contributed by atoms with van der Waals surface area (Å²) in [5.74, 6) is 0.0603. The molecule has 4 atom stereocenters. The van der Waals surface area contributed by atoms with Crippen LogP contribution in [0.5, 0.6) is 0 Å². The number of amides is 1. The highest BCUT2D eigenvalue weighted by Crippen LogP contribution is 2.30. The fourth-order valence-corrected chi connectivity index (χ4v) is 3.40. The van der Waals surface area contributed by atoms with E-state index in [4.69, 9.17) is 23.2 Å². The first-order valence-electron chi connectivity index (χ1n) is 6.58. The Hall–Kier alpha value is -0.470. The molecule has 1 amide bonds. The lowest BCUT2D eigenvalue weighted by molar-refractivity contribution is -0.124. The van der Waals surface area contributed by atoms with Gasteiger partial charge in [0.05, 0.1) is 11.3 Å². The van der Waals surface area contributed by atoms with E-state index in [0.717, 1.165) is 6.42 Å². The predicted octanol–water partition coefficient (Wildman–Crippen LogP) is 3.60. The normalized spacial score (nSPS) is 36.1. The van der Waals surface area contributed by atoms with Crippen LogP contribution in [0.1, 0.15) is 32.6 Å². The van der Waals surface area contributed by atoms with Crippen molar-refractivity contribution >= 4 is 29.1 Å². The van der Waals surface area contributed by atoms with Gasteiger partial charge in [-0.2, -0.15) is 0 Å². The highest BCUT2D eigenvalue weighted by Gasteiger charge is 2.32. The van der Waals surface area contributed by atoms with E-state index >= 15 is 0 Å². The number of carbonyl (C=O) groups is 1. The summed E-state index contributed by atoms with van der Waals surface area (Å²) in [4.78, 5) is 12.3. The molecule has 0 radical (unpaired) electrons. The second kappa shape index (κ2) is 6.12. The van der Waals surface area contributed by atoms with Crippen LogP contribution >= 0.6 is 23.2 Å². The molecule has 2 aliphatic rings. The number of hydrogen-bond donors (Lipinski definition) is 1. The molecule has 0 aromatic rings. The third kappa shape index (κ3) is 3.10. The second-order valence-electron chi connectivity index (χ2n) is 5.24. The van der Waals surface area contributed by atoms with Crippen molar-refractivity contribution in [2.45, 2.75) is 44.0 Å². The monoisotopic (exact) mass is 287 g/mol. The summed E-state index contributed by atoms with van der Waals surface area (Å²) in [6.07, 6.45) is 10.0. The molecular formula is C14H19Cl2NO. The van der Waals surface area contributed by atoms with Crippen LogP contribution in [0.3, 0.4) is 0 Å². The summed E-state index contributed by atoms with van der Waals surface area (Å²) >= 11 is 12.2. The van der Waals surface area contributed by atoms with Gasteiger partial charge in [0.15, 0.2) is 0 Å². The van der Waals surface area contributed by atoms with Crippen LogP contribution < -0.4 is 5.32 Å². The number of alkyl halides is 1. The number of halogens is 2. The first kappa shape index (κ1) is 14.0. The third-order valence-electron chi connectivity index (χ3n) is 3.89. The number of nitrogens with one attached hydrogen (secondary N) is 1. The Morgan fingerprint density at radius 1 is 1.39 bits per heavy atom. The van der Waals surface area contributed by atoms with Gasteiger partial charge in [-0.05, 0) is 24.8 Å². The van der Waals surface area contributed by atoms with Crippen molar-refractivity contribution in [3.05, 3.63) is 23.3 Å². The minimum Gasteiger partial charge on any atom is -0.352 e. The third-order valence-corrected chi connectivity index (χ3v) is 4.65. The van der Waals surface area contributed by atoms with E-state index < -0.39 is 5.92 Å². The van der Waals surface area contributed by atoms with Gasteiger partial charge in [0.1, 0.15) is 0 Å². The van der Waals surface area contributed by atoms with Gasteiger partial charge in [0, 0.05) is 11.1 Å². The minimum atomic E-state index is -0.438. The lowest BCUT2D eigenvalue weighted by Gasteiger charge is -2.31. The fourth-order valence-electron chi connectivity index (χ4n) is 2.69. The maximum atomic E-state index is 12.3. The molecule has 18 heavy (non-hydrogen) atoms. The number of hydrogen-bond acceptors (Lipinski definition) is 1. The van der Waals surface area contributed by atoms with Crippen molar-refractivity contribution in [3.63, 3.8) is 0 Å². The van der Waals surface area contributed by atoms with Crippen molar-refractivity contribution in [2.75, 3.05) is 0 Å².